The van der Waals surface area contributed by atoms with E-state index in [2.05, 4.69) is 33.5 Å². The van der Waals surface area contributed by atoms with E-state index in [1.54, 1.807) is 26.1 Å². The maximum atomic E-state index is 11.9. The largest absolute Gasteiger partial charge is 0.496 e. The summed E-state index contributed by atoms with van der Waals surface area (Å²) in [6, 6.07) is 8.55. The van der Waals surface area contributed by atoms with Crippen LogP contribution in [0.15, 0.2) is 29.3 Å². The van der Waals surface area contributed by atoms with E-state index in [-0.39, 0.29) is 12.5 Å². The molecular formula is C21H35N5O2. The number of methoxy groups -OCH3 is 1. The molecule has 0 bridgehead atoms. The minimum Gasteiger partial charge on any atom is -0.496 e. The highest BCUT2D eigenvalue weighted by atomic mass is 16.5. The van der Waals surface area contributed by atoms with Crippen molar-refractivity contribution in [3.05, 3.63) is 29.8 Å². The number of likely N-dealkylation sites (tertiary alicyclic amines) is 1. The molecule has 1 atom stereocenters. The lowest BCUT2D eigenvalue weighted by Crippen LogP contribution is -2.45. The topological polar surface area (TPSA) is 69.2 Å². The highest BCUT2D eigenvalue weighted by Crippen LogP contribution is 2.17. The number of para-hydroxylation sites is 1. The molecule has 0 aliphatic carbocycles. The quantitative estimate of drug-likeness (QED) is 0.493. The second-order valence-electron chi connectivity index (χ2n) is 7.25. The first-order valence-electron chi connectivity index (χ1n) is 10.1. The number of likely N-dealkylation sites (N-methyl/N-ethyl adjacent to an activating group) is 2. The van der Waals surface area contributed by atoms with E-state index in [1.165, 1.54) is 12.8 Å². The molecule has 7 nitrogen and oxygen atoms in total. The molecule has 156 valence electrons. The zero-order valence-electron chi connectivity index (χ0n) is 17.7. The van der Waals surface area contributed by atoms with Gasteiger partial charge in [-0.2, -0.15) is 0 Å². The summed E-state index contributed by atoms with van der Waals surface area (Å²) in [6.07, 6.45) is 3.26. The molecule has 0 saturated carbocycles. The van der Waals surface area contributed by atoms with Crippen molar-refractivity contribution in [1.82, 2.24) is 20.4 Å². The standard InChI is InChI=1S/C21H35N5O2/c1-5-26-14-8-10-18(26)15-23-21(24-16-20(27)25(2)3)22-13-12-17-9-6-7-11-19(17)28-4/h6-7,9,11,18H,5,8,10,12-16H2,1-4H3,(H2,22,23,24). The van der Waals surface area contributed by atoms with E-state index in [1.807, 2.05) is 18.2 Å². The highest BCUT2D eigenvalue weighted by molar-refractivity contribution is 5.84. The summed E-state index contributed by atoms with van der Waals surface area (Å²) in [7, 11) is 5.18. The third kappa shape index (κ3) is 6.71. The number of ether oxygens (including phenoxy) is 1. The summed E-state index contributed by atoms with van der Waals surface area (Å²) < 4.78 is 5.42. The fourth-order valence-corrected chi connectivity index (χ4v) is 3.44. The Morgan fingerprint density at radius 2 is 2.11 bits per heavy atom. The summed E-state index contributed by atoms with van der Waals surface area (Å²) >= 11 is 0. The molecule has 2 rings (SSSR count). The maximum Gasteiger partial charge on any atom is 0.243 e. The lowest BCUT2D eigenvalue weighted by atomic mass is 10.1. The van der Waals surface area contributed by atoms with Crippen LogP contribution in [0.5, 0.6) is 5.75 Å². The first kappa shape index (κ1) is 22.0. The van der Waals surface area contributed by atoms with Gasteiger partial charge in [0.15, 0.2) is 5.96 Å². The number of benzene rings is 1. The number of nitrogens with zero attached hydrogens (tertiary/aromatic N) is 3. The molecule has 0 radical (unpaired) electrons. The number of carbonyl (C=O) groups is 1. The molecule has 0 aromatic heterocycles. The minimum atomic E-state index is -0.0121. The molecule has 1 aliphatic heterocycles. The van der Waals surface area contributed by atoms with E-state index in [0.29, 0.717) is 18.5 Å². The summed E-state index contributed by atoms with van der Waals surface area (Å²) in [6.45, 7) is 6.12. The predicted octanol–water partition coefficient (Wildman–Crippen LogP) is 1.35. The molecule has 2 N–H and O–H groups in total. The highest BCUT2D eigenvalue weighted by Gasteiger charge is 2.22. The van der Waals surface area contributed by atoms with Crippen molar-refractivity contribution in [2.24, 2.45) is 4.99 Å². The van der Waals surface area contributed by atoms with Crippen molar-refractivity contribution >= 4 is 11.9 Å². The fourth-order valence-electron chi connectivity index (χ4n) is 3.44. The molecule has 1 aromatic rings. The van der Waals surface area contributed by atoms with Gasteiger partial charge in [0.25, 0.3) is 0 Å². The van der Waals surface area contributed by atoms with E-state index in [9.17, 15) is 4.79 Å². The Kier molecular flexibility index (Phi) is 9.07. The van der Waals surface area contributed by atoms with E-state index in [0.717, 1.165) is 37.4 Å². The number of amides is 1. The number of hydrogen-bond acceptors (Lipinski definition) is 4. The molecule has 28 heavy (non-hydrogen) atoms. The molecule has 1 unspecified atom stereocenters. The first-order valence-corrected chi connectivity index (χ1v) is 10.1. The lowest BCUT2D eigenvalue weighted by Gasteiger charge is -2.24. The summed E-state index contributed by atoms with van der Waals surface area (Å²) in [5, 5.41) is 6.80. The van der Waals surface area contributed by atoms with E-state index >= 15 is 0 Å². The van der Waals surface area contributed by atoms with Crippen molar-refractivity contribution in [1.29, 1.82) is 0 Å². The maximum absolute atomic E-state index is 11.9. The minimum absolute atomic E-state index is 0.0121. The van der Waals surface area contributed by atoms with Crippen LogP contribution in [0.2, 0.25) is 0 Å². The Morgan fingerprint density at radius 1 is 1.32 bits per heavy atom. The van der Waals surface area contributed by atoms with Gasteiger partial charge < -0.3 is 20.3 Å². The third-order valence-corrected chi connectivity index (χ3v) is 5.16. The van der Waals surface area contributed by atoms with Crippen LogP contribution >= 0.6 is 0 Å². The summed E-state index contributed by atoms with van der Waals surface area (Å²) in [4.78, 5) is 20.5. The Balaban J connectivity index is 1.93. The third-order valence-electron chi connectivity index (χ3n) is 5.16. The van der Waals surface area contributed by atoms with Crippen LogP contribution in [-0.4, -0.2) is 81.6 Å². The van der Waals surface area contributed by atoms with Gasteiger partial charge in [-0.3, -0.25) is 9.69 Å². The summed E-state index contributed by atoms with van der Waals surface area (Å²) in [5.74, 6) is 1.57. The van der Waals surface area contributed by atoms with Gasteiger partial charge in [0.1, 0.15) is 12.3 Å². The number of nitrogens with one attached hydrogen (secondary N) is 2. The Bertz CT molecular complexity index is 647. The molecular weight excluding hydrogens is 354 g/mol. The smallest absolute Gasteiger partial charge is 0.243 e. The zero-order valence-corrected chi connectivity index (χ0v) is 17.7. The van der Waals surface area contributed by atoms with Gasteiger partial charge in [0.2, 0.25) is 5.91 Å². The summed E-state index contributed by atoms with van der Waals surface area (Å²) in [5.41, 5.74) is 1.15. The van der Waals surface area contributed by atoms with Crippen LogP contribution in [-0.2, 0) is 11.2 Å². The van der Waals surface area contributed by atoms with E-state index in [4.69, 9.17) is 4.74 Å². The van der Waals surface area contributed by atoms with Gasteiger partial charge in [0, 0.05) is 33.2 Å². The number of hydrogen-bond donors (Lipinski definition) is 2. The van der Waals surface area contributed by atoms with Crippen molar-refractivity contribution in [3.8, 4) is 5.75 Å². The van der Waals surface area contributed by atoms with Gasteiger partial charge in [-0.25, -0.2) is 4.99 Å². The SMILES string of the molecule is CCN1CCCC1CNC(=NCC(=O)N(C)C)NCCc1ccccc1OC. The zero-order chi connectivity index (χ0) is 20.4. The Morgan fingerprint density at radius 3 is 2.82 bits per heavy atom. The molecule has 1 aromatic carbocycles. The van der Waals surface area contributed by atoms with Crippen LogP contribution in [0.4, 0.5) is 0 Å². The van der Waals surface area contributed by atoms with Crippen molar-refractivity contribution in [2.45, 2.75) is 32.2 Å². The van der Waals surface area contributed by atoms with Gasteiger partial charge in [-0.15, -0.1) is 0 Å². The van der Waals surface area contributed by atoms with Gasteiger partial charge in [-0.1, -0.05) is 25.1 Å². The Hall–Kier alpha value is -2.28. The second kappa shape index (κ2) is 11.5. The molecule has 0 spiro atoms. The first-order chi connectivity index (χ1) is 13.5. The van der Waals surface area contributed by atoms with Crippen molar-refractivity contribution in [3.63, 3.8) is 0 Å². The predicted molar refractivity (Wildman–Crippen MR) is 114 cm³/mol. The molecule has 1 aliphatic rings. The average Bonchev–Trinajstić information content (AvgIpc) is 3.17. The van der Waals surface area contributed by atoms with Crippen molar-refractivity contribution < 1.29 is 9.53 Å². The van der Waals surface area contributed by atoms with Gasteiger partial charge in [0.05, 0.1) is 7.11 Å². The van der Waals surface area contributed by atoms with Crippen LogP contribution in [0.25, 0.3) is 0 Å². The van der Waals surface area contributed by atoms with Crippen LogP contribution in [0, 0.1) is 0 Å². The second-order valence-corrected chi connectivity index (χ2v) is 7.25. The average molecular weight is 390 g/mol. The van der Waals surface area contributed by atoms with Gasteiger partial charge >= 0.3 is 0 Å². The number of rotatable bonds is 9. The molecule has 1 saturated heterocycles. The lowest BCUT2D eigenvalue weighted by molar-refractivity contribution is -0.127. The monoisotopic (exact) mass is 389 g/mol. The molecule has 7 heteroatoms. The van der Waals surface area contributed by atoms with E-state index < -0.39 is 0 Å². The normalized spacial score (nSPS) is 17.4. The Labute approximate surface area is 169 Å². The van der Waals surface area contributed by atoms with Gasteiger partial charge in [-0.05, 0) is 44.0 Å². The van der Waals surface area contributed by atoms with Crippen LogP contribution in [0.1, 0.15) is 25.3 Å². The van der Waals surface area contributed by atoms with Crippen molar-refractivity contribution in [2.75, 3.05) is 53.9 Å². The molecule has 1 heterocycles. The number of guanidine groups is 1. The molecule has 1 fully saturated rings. The van der Waals surface area contributed by atoms with Crippen LogP contribution in [0.3, 0.4) is 0 Å². The number of aliphatic imine (C=N–C) groups is 1. The number of carbonyl (C=O) groups excluding carboxylic acids is 1. The van der Waals surface area contributed by atoms with Crippen LogP contribution < -0.4 is 15.4 Å². The fraction of sp³-hybridized carbons (Fsp3) is 0.619. The molecule has 1 amide bonds.